The molecule has 1 amide bonds. The van der Waals surface area contributed by atoms with E-state index in [0.29, 0.717) is 0 Å². The third-order valence-corrected chi connectivity index (χ3v) is 4.12. The Labute approximate surface area is 127 Å². The Hall–Kier alpha value is -1.39. The van der Waals surface area contributed by atoms with Crippen LogP contribution in [0.4, 0.5) is 0 Å². The van der Waals surface area contributed by atoms with Crippen molar-refractivity contribution in [2.24, 2.45) is 5.92 Å². The van der Waals surface area contributed by atoms with E-state index in [1.165, 1.54) is 5.56 Å². The van der Waals surface area contributed by atoms with Gasteiger partial charge in [-0.1, -0.05) is 31.2 Å². The molecule has 0 aromatic heterocycles. The molecular formula is C17H26N2O2. The van der Waals surface area contributed by atoms with Gasteiger partial charge < -0.3 is 10.4 Å². The quantitative estimate of drug-likeness (QED) is 0.841. The molecular weight excluding hydrogens is 264 g/mol. The van der Waals surface area contributed by atoms with E-state index in [1.54, 1.807) is 0 Å². The second kappa shape index (κ2) is 8.15. The van der Waals surface area contributed by atoms with E-state index >= 15 is 0 Å². The van der Waals surface area contributed by atoms with Gasteiger partial charge in [-0.2, -0.15) is 0 Å². The lowest BCUT2D eigenvalue weighted by atomic mass is 9.95. The molecule has 0 saturated carbocycles. The van der Waals surface area contributed by atoms with Gasteiger partial charge in [0.1, 0.15) is 0 Å². The average molecular weight is 290 g/mol. The number of carbonyl (C=O) groups is 1. The Morgan fingerprint density at radius 3 is 2.43 bits per heavy atom. The number of nitrogens with one attached hydrogen (secondary N) is 1. The van der Waals surface area contributed by atoms with Crippen molar-refractivity contribution in [1.29, 1.82) is 0 Å². The molecule has 0 atom stereocenters. The molecule has 21 heavy (non-hydrogen) atoms. The van der Waals surface area contributed by atoms with Gasteiger partial charge in [0.2, 0.25) is 5.91 Å². The molecule has 1 aromatic carbocycles. The summed E-state index contributed by atoms with van der Waals surface area (Å²) in [5.41, 5.74) is 2.21. The number of aliphatic hydroxyl groups excluding tert-OH is 1. The van der Waals surface area contributed by atoms with Gasteiger partial charge in [0.15, 0.2) is 0 Å². The molecule has 116 valence electrons. The summed E-state index contributed by atoms with van der Waals surface area (Å²) in [5, 5.41) is 12.0. The van der Waals surface area contributed by atoms with Gasteiger partial charge in [-0.05, 0) is 43.5 Å². The SMILES string of the molecule is CCCNC(=O)C1CCN(Cc2ccc(CO)cc2)CC1. The smallest absolute Gasteiger partial charge is 0.223 e. The number of benzene rings is 1. The van der Waals surface area contributed by atoms with Crippen LogP contribution in [-0.4, -0.2) is 35.5 Å². The van der Waals surface area contributed by atoms with Crippen molar-refractivity contribution < 1.29 is 9.90 Å². The first-order chi connectivity index (χ1) is 10.2. The summed E-state index contributed by atoms with van der Waals surface area (Å²) in [6, 6.07) is 8.09. The Balaban J connectivity index is 1.76. The van der Waals surface area contributed by atoms with Crippen LogP contribution in [0.3, 0.4) is 0 Å². The monoisotopic (exact) mass is 290 g/mol. The summed E-state index contributed by atoms with van der Waals surface area (Å²) >= 11 is 0. The molecule has 1 heterocycles. The van der Waals surface area contributed by atoms with Crippen molar-refractivity contribution in [3.63, 3.8) is 0 Å². The first-order valence-electron chi connectivity index (χ1n) is 7.91. The lowest BCUT2D eigenvalue weighted by Crippen LogP contribution is -2.40. The Kier molecular flexibility index (Phi) is 6.21. The van der Waals surface area contributed by atoms with Crippen molar-refractivity contribution in [2.75, 3.05) is 19.6 Å². The largest absolute Gasteiger partial charge is 0.392 e. The van der Waals surface area contributed by atoms with E-state index in [0.717, 1.165) is 51.0 Å². The first-order valence-corrected chi connectivity index (χ1v) is 7.91. The Morgan fingerprint density at radius 2 is 1.86 bits per heavy atom. The number of hydrogen-bond acceptors (Lipinski definition) is 3. The van der Waals surface area contributed by atoms with E-state index in [2.05, 4.69) is 29.3 Å². The third-order valence-electron chi connectivity index (χ3n) is 4.12. The zero-order chi connectivity index (χ0) is 15.1. The highest BCUT2D eigenvalue weighted by molar-refractivity contribution is 5.78. The molecule has 0 bridgehead atoms. The van der Waals surface area contributed by atoms with E-state index in [-0.39, 0.29) is 18.4 Å². The molecule has 1 fully saturated rings. The van der Waals surface area contributed by atoms with Crippen LogP contribution in [0.2, 0.25) is 0 Å². The van der Waals surface area contributed by atoms with Crippen LogP contribution in [0.5, 0.6) is 0 Å². The van der Waals surface area contributed by atoms with Crippen LogP contribution < -0.4 is 5.32 Å². The predicted molar refractivity (Wildman–Crippen MR) is 83.7 cm³/mol. The minimum absolute atomic E-state index is 0.0958. The molecule has 4 heteroatoms. The van der Waals surface area contributed by atoms with Crippen molar-refractivity contribution in [1.82, 2.24) is 10.2 Å². The van der Waals surface area contributed by atoms with Crippen molar-refractivity contribution in [2.45, 2.75) is 39.3 Å². The lowest BCUT2D eigenvalue weighted by molar-refractivity contribution is -0.126. The fourth-order valence-electron chi connectivity index (χ4n) is 2.75. The summed E-state index contributed by atoms with van der Waals surface area (Å²) in [6.45, 7) is 5.84. The highest BCUT2D eigenvalue weighted by atomic mass is 16.3. The normalized spacial score (nSPS) is 16.9. The maximum atomic E-state index is 11.9. The third kappa shape index (κ3) is 4.83. The zero-order valence-electron chi connectivity index (χ0n) is 12.8. The van der Waals surface area contributed by atoms with E-state index < -0.39 is 0 Å². The number of aliphatic hydroxyl groups is 1. The van der Waals surface area contributed by atoms with Gasteiger partial charge in [-0.25, -0.2) is 0 Å². The summed E-state index contributed by atoms with van der Waals surface area (Å²) in [6.07, 6.45) is 2.89. The van der Waals surface area contributed by atoms with E-state index in [1.807, 2.05) is 12.1 Å². The standard InChI is InChI=1S/C17H26N2O2/c1-2-9-18-17(21)16-7-10-19(11-8-16)12-14-3-5-15(13-20)6-4-14/h3-6,16,20H,2,7-13H2,1H3,(H,18,21). The molecule has 2 N–H and O–H groups in total. The Morgan fingerprint density at radius 1 is 1.24 bits per heavy atom. The van der Waals surface area contributed by atoms with Crippen molar-refractivity contribution in [3.05, 3.63) is 35.4 Å². The van der Waals surface area contributed by atoms with E-state index in [9.17, 15) is 4.79 Å². The van der Waals surface area contributed by atoms with Crippen LogP contribution in [0.25, 0.3) is 0 Å². The van der Waals surface area contributed by atoms with Crippen LogP contribution in [0, 0.1) is 5.92 Å². The number of hydrogen-bond donors (Lipinski definition) is 2. The molecule has 1 aliphatic heterocycles. The number of nitrogens with zero attached hydrogens (tertiary/aromatic N) is 1. The lowest BCUT2D eigenvalue weighted by Gasteiger charge is -2.31. The van der Waals surface area contributed by atoms with Crippen LogP contribution in [-0.2, 0) is 17.9 Å². The molecule has 4 nitrogen and oxygen atoms in total. The minimum atomic E-state index is 0.0958. The van der Waals surface area contributed by atoms with Gasteiger partial charge in [-0.15, -0.1) is 0 Å². The number of carbonyl (C=O) groups excluding carboxylic acids is 1. The number of likely N-dealkylation sites (tertiary alicyclic amines) is 1. The number of rotatable bonds is 6. The minimum Gasteiger partial charge on any atom is -0.392 e. The highest BCUT2D eigenvalue weighted by Crippen LogP contribution is 2.19. The fraction of sp³-hybridized carbons (Fsp3) is 0.588. The summed E-state index contributed by atoms with van der Waals surface area (Å²) < 4.78 is 0. The molecule has 0 radical (unpaired) electrons. The van der Waals surface area contributed by atoms with Crippen LogP contribution in [0.1, 0.15) is 37.3 Å². The first kappa shape index (κ1) is 16.0. The van der Waals surface area contributed by atoms with Gasteiger partial charge in [0, 0.05) is 19.0 Å². The van der Waals surface area contributed by atoms with Gasteiger partial charge >= 0.3 is 0 Å². The topological polar surface area (TPSA) is 52.6 Å². The maximum Gasteiger partial charge on any atom is 0.223 e. The molecule has 2 rings (SSSR count). The van der Waals surface area contributed by atoms with Crippen LogP contribution in [0.15, 0.2) is 24.3 Å². The number of amides is 1. The second-order valence-electron chi connectivity index (χ2n) is 5.82. The summed E-state index contributed by atoms with van der Waals surface area (Å²) in [7, 11) is 0. The average Bonchev–Trinajstić information content (AvgIpc) is 2.54. The molecule has 1 saturated heterocycles. The van der Waals surface area contributed by atoms with Crippen molar-refractivity contribution in [3.8, 4) is 0 Å². The second-order valence-corrected chi connectivity index (χ2v) is 5.82. The molecule has 1 aromatic rings. The molecule has 1 aliphatic rings. The van der Waals surface area contributed by atoms with E-state index in [4.69, 9.17) is 5.11 Å². The van der Waals surface area contributed by atoms with Gasteiger partial charge in [-0.3, -0.25) is 9.69 Å². The van der Waals surface area contributed by atoms with Gasteiger partial charge in [0.05, 0.1) is 6.61 Å². The highest BCUT2D eigenvalue weighted by Gasteiger charge is 2.24. The molecule has 0 spiro atoms. The molecule has 0 unspecified atom stereocenters. The summed E-state index contributed by atoms with van der Waals surface area (Å²) in [4.78, 5) is 14.3. The van der Waals surface area contributed by atoms with Crippen molar-refractivity contribution >= 4 is 5.91 Å². The number of piperidine rings is 1. The van der Waals surface area contributed by atoms with Crippen LogP contribution >= 0.6 is 0 Å². The predicted octanol–water partition coefficient (Wildman–Crippen LogP) is 1.92. The molecule has 0 aliphatic carbocycles. The van der Waals surface area contributed by atoms with Gasteiger partial charge in [0.25, 0.3) is 0 Å². The Bertz CT molecular complexity index is 437. The fourth-order valence-corrected chi connectivity index (χ4v) is 2.75. The summed E-state index contributed by atoms with van der Waals surface area (Å²) in [5.74, 6) is 0.411. The zero-order valence-corrected chi connectivity index (χ0v) is 12.8. The maximum absolute atomic E-state index is 11.9.